The molecule has 2 N–H and O–H groups in total. The Labute approximate surface area is 121 Å². The number of carboxylic acids is 1. The number of hydrogen-bond acceptors (Lipinski definition) is 2. The molecule has 0 radical (unpaired) electrons. The number of carbonyl (C=O) groups is 2. The summed E-state index contributed by atoms with van der Waals surface area (Å²) in [5, 5.41) is 11.2. The summed E-state index contributed by atoms with van der Waals surface area (Å²) in [6, 6.07) is 13.9. The van der Waals surface area contributed by atoms with Gasteiger partial charge in [0.05, 0.1) is 0 Å². The number of nitrogens with one attached hydrogen (secondary N) is 1. The molecule has 0 atom stereocenters. The van der Waals surface area contributed by atoms with Gasteiger partial charge < -0.3 is 10.4 Å². The Morgan fingerprint density at radius 1 is 1.00 bits per heavy atom. The highest BCUT2D eigenvalue weighted by Crippen LogP contribution is 2.37. The first kappa shape index (κ1) is 13.1. The third-order valence-corrected chi connectivity index (χ3v) is 3.44. The summed E-state index contributed by atoms with van der Waals surface area (Å²) in [7, 11) is 0. The number of carboxylic acid groups (broad SMARTS) is 1. The molecule has 0 spiro atoms. The Hall–Kier alpha value is -2.88. The monoisotopic (exact) mass is 279 g/mol. The van der Waals surface area contributed by atoms with Gasteiger partial charge in [0, 0.05) is 17.8 Å². The Kier molecular flexibility index (Phi) is 3.28. The summed E-state index contributed by atoms with van der Waals surface area (Å²) < 4.78 is 0. The number of hydrogen-bond donors (Lipinski definition) is 2. The molecule has 1 amide bonds. The Bertz CT molecular complexity index is 762. The van der Waals surface area contributed by atoms with Crippen LogP contribution in [-0.2, 0) is 16.0 Å². The molecule has 1 aliphatic carbocycles. The van der Waals surface area contributed by atoms with Crippen LogP contribution in [-0.4, -0.2) is 17.0 Å². The summed E-state index contributed by atoms with van der Waals surface area (Å²) in [5.41, 5.74) is 5.47. The molecule has 104 valence electrons. The second-order valence-corrected chi connectivity index (χ2v) is 4.87. The summed E-state index contributed by atoms with van der Waals surface area (Å²) in [4.78, 5) is 22.0. The van der Waals surface area contributed by atoms with Crippen LogP contribution in [0.3, 0.4) is 0 Å². The van der Waals surface area contributed by atoms with Crippen molar-refractivity contribution < 1.29 is 14.7 Å². The average molecular weight is 279 g/mol. The second-order valence-electron chi connectivity index (χ2n) is 4.87. The van der Waals surface area contributed by atoms with Gasteiger partial charge in [-0.05, 0) is 40.8 Å². The van der Waals surface area contributed by atoms with E-state index in [4.69, 9.17) is 5.11 Å². The first-order valence-electron chi connectivity index (χ1n) is 6.57. The number of rotatable bonds is 3. The van der Waals surface area contributed by atoms with Gasteiger partial charge in [-0.2, -0.15) is 0 Å². The molecule has 0 heterocycles. The fourth-order valence-corrected chi connectivity index (χ4v) is 2.53. The predicted octanol–water partition coefficient (Wildman–Crippen LogP) is 2.84. The highest BCUT2D eigenvalue weighted by Gasteiger charge is 2.17. The lowest BCUT2D eigenvalue weighted by Gasteiger charge is -2.06. The van der Waals surface area contributed by atoms with Crippen LogP contribution in [0.15, 0.2) is 54.6 Å². The zero-order chi connectivity index (χ0) is 14.8. The van der Waals surface area contributed by atoms with E-state index >= 15 is 0 Å². The van der Waals surface area contributed by atoms with Gasteiger partial charge >= 0.3 is 5.97 Å². The SMILES string of the molecule is O=C(O)/C=C/C(=O)Nc1ccc2c(c1)-c1ccccc1C2. The van der Waals surface area contributed by atoms with Crippen molar-refractivity contribution in [2.75, 3.05) is 5.32 Å². The first-order valence-corrected chi connectivity index (χ1v) is 6.57. The number of amides is 1. The van der Waals surface area contributed by atoms with Gasteiger partial charge in [-0.3, -0.25) is 4.79 Å². The van der Waals surface area contributed by atoms with E-state index in [-0.39, 0.29) is 0 Å². The summed E-state index contributed by atoms with van der Waals surface area (Å²) in [6.45, 7) is 0. The van der Waals surface area contributed by atoms with E-state index in [2.05, 4.69) is 17.4 Å². The molecule has 21 heavy (non-hydrogen) atoms. The van der Waals surface area contributed by atoms with Crippen molar-refractivity contribution in [2.45, 2.75) is 6.42 Å². The van der Waals surface area contributed by atoms with E-state index in [1.807, 2.05) is 30.3 Å². The predicted molar refractivity (Wildman–Crippen MR) is 80.1 cm³/mol. The molecule has 0 bridgehead atoms. The Morgan fingerprint density at radius 3 is 2.57 bits per heavy atom. The molecule has 2 aromatic rings. The van der Waals surface area contributed by atoms with Crippen LogP contribution in [0.2, 0.25) is 0 Å². The standard InChI is InChI=1S/C17H13NO3/c19-16(7-8-17(20)21)18-13-6-5-12-9-11-3-1-2-4-14(11)15(12)10-13/h1-8,10H,9H2,(H,18,19)(H,20,21)/b8-7+. The highest BCUT2D eigenvalue weighted by molar-refractivity contribution is 6.02. The van der Waals surface area contributed by atoms with E-state index in [0.29, 0.717) is 5.69 Å². The minimum absolute atomic E-state index is 0.455. The van der Waals surface area contributed by atoms with Crippen molar-refractivity contribution >= 4 is 17.6 Å². The molecule has 0 unspecified atom stereocenters. The minimum Gasteiger partial charge on any atom is -0.478 e. The Balaban J connectivity index is 1.85. The third-order valence-electron chi connectivity index (χ3n) is 3.44. The number of fused-ring (bicyclic) bond motifs is 3. The van der Waals surface area contributed by atoms with Gasteiger partial charge in [-0.15, -0.1) is 0 Å². The van der Waals surface area contributed by atoms with Crippen LogP contribution in [0.5, 0.6) is 0 Å². The van der Waals surface area contributed by atoms with Crippen molar-refractivity contribution in [1.82, 2.24) is 0 Å². The van der Waals surface area contributed by atoms with E-state index in [1.165, 1.54) is 16.7 Å². The maximum absolute atomic E-state index is 11.6. The van der Waals surface area contributed by atoms with Gasteiger partial charge in [0.1, 0.15) is 0 Å². The molecule has 0 aliphatic heterocycles. The molecule has 0 fully saturated rings. The lowest BCUT2D eigenvalue weighted by Crippen LogP contribution is -2.08. The van der Waals surface area contributed by atoms with Crippen LogP contribution < -0.4 is 5.32 Å². The van der Waals surface area contributed by atoms with Crippen molar-refractivity contribution in [3.63, 3.8) is 0 Å². The number of benzene rings is 2. The molecule has 0 aromatic heterocycles. The number of carbonyl (C=O) groups excluding carboxylic acids is 1. The van der Waals surface area contributed by atoms with Crippen molar-refractivity contribution in [2.24, 2.45) is 0 Å². The molecule has 0 saturated heterocycles. The van der Waals surface area contributed by atoms with Gasteiger partial charge in [-0.1, -0.05) is 30.3 Å². The summed E-state index contributed by atoms with van der Waals surface area (Å²) in [5.74, 6) is -1.60. The van der Waals surface area contributed by atoms with E-state index in [0.717, 1.165) is 24.1 Å². The van der Waals surface area contributed by atoms with E-state index in [1.54, 1.807) is 0 Å². The zero-order valence-electron chi connectivity index (χ0n) is 11.2. The Morgan fingerprint density at radius 2 is 1.76 bits per heavy atom. The van der Waals surface area contributed by atoms with Crippen molar-refractivity contribution in [1.29, 1.82) is 0 Å². The molecule has 2 aromatic carbocycles. The number of anilines is 1. The lowest BCUT2D eigenvalue weighted by molar-refractivity contribution is -0.131. The summed E-state index contributed by atoms with van der Waals surface area (Å²) >= 11 is 0. The van der Waals surface area contributed by atoms with Gasteiger partial charge in [0.2, 0.25) is 5.91 Å². The van der Waals surface area contributed by atoms with Crippen LogP contribution >= 0.6 is 0 Å². The fraction of sp³-hybridized carbons (Fsp3) is 0.0588. The van der Waals surface area contributed by atoms with Crippen LogP contribution in [0.25, 0.3) is 11.1 Å². The molecular formula is C17H13NO3. The molecular weight excluding hydrogens is 266 g/mol. The third kappa shape index (κ3) is 2.69. The lowest BCUT2D eigenvalue weighted by atomic mass is 10.1. The van der Waals surface area contributed by atoms with Gasteiger partial charge in [0.15, 0.2) is 0 Å². The van der Waals surface area contributed by atoms with E-state index < -0.39 is 11.9 Å². The normalized spacial score (nSPS) is 12.0. The van der Waals surface area contributed by atoms with Gasteiger partial charge in [0.25, 0.3) is 0 Å². The smallest absolute Gasteiger partial charge is 0.328 e. The molecule has 4 heteroatoms. The largest absolute Gasteiger partial charge is 0.478 e. The van der Waals surface area contributed by atoms with Crippen LogP contribution in [0, 0.1) is 0 Å². The maximum atomic E-state index is 11.6. The average Bonchev–Trinajstić information content (AvgIpc) is 2.83. The minimum atomic E-state index is -1.15. The summed E-state index contributed by atoms with van der Waals surface area (Å²) in [6.07, 6.45) is 2.72. The van der Waals surface area contributed by atoms with E-state index in [9.17, 15) is 9.59 Å². The topological polar surface area (TPSA) is 66.4 Å². The number of aliphatic carboxylic acids is 1. The first-order chi connectivity index (χ1) is 10.1. The molecule has 4 nitrogen and oxygen atoms in total. The zero-order valence-corrected chi connectivity index (χ0v) is 11.2. The van der Waals surface area contributed by atoms with Gasteiger partial charge in [-0.25, -0.2) is 4.79 Å². The highest BCUT2D eigenvalue weighted by atomic mass is 16.4. The molecule has 3 rings (SSSR count). The second kappa shape index (κ2) is 5.25. The quantitative estimate of drug-likeness (QED) is 0.724. The van der Waals surface area contributed by atoms with Crippen molar-refractivity contribution in [3.8, 4) is 11.1 Å². The molecule has 0 saturated carbocycles. The maximum Gasteiger partial charge on any atom is 0.328 e. The van der Waals surface area contributed by atoms with Crippen LogP contribution in [0.1, 0.15) is 11.1 Å². The molecule has 1 aliphatic rings. The van der Waals surface area contributed by atoms with Crippen LogP contribution in [0.4, 0.5) is 5.69 Å². The van der Waals surface area contributed by atoms with Crippen molar-refractivity contribution in [3.05, 3.63) is 65.7 Å². The fourth-order valence-electron chi connectivity index (χ4n) is 2.53.